The molecule has 1 N–H and O–H groups in total. The highest BCUT2D eigenvalue weighted by Crippen LogP contribution is 2.37. The molecule has 0 unspecified atom stereocenters. The number of anilines is 2. The molecule has 2 heterocycles. The second-order valence-corrected chi connectivity index (χ2v) is 7.37. The van der Waals surface area contributed by atoms with Crippen molar-refractivity contribution in [1.29, 1.82) is 0 Å². The van der Waals surface area contributed by atoms with Gasteiger partial charge in [0.05, 0.1) is 30.7 Å². The molecule has 3 aromatic rings. The standard InChI is InChI=1S/C23H20N2O4S/c1-3-29-18-8-5-4-7-17(18)24-21-20(19-9-6-14-30-19)22(26)25(23(21)27)15-10-12-16(28-2)13-11-15/h4-14,24H,3H2,1-2H3. The minimum Gasteiger partial charge on any atom is -0.497 e. The summed E-state index contributed by atoms with van der Waals surface area (Å²) in [5, 5.41) is 5.04. The maximum atomic E-state index is 13.4. The molecule has 7 heteroatoms. The lowest BCUT2D eigenvalue weighted by molar-refractivity contribution is -0.120. The van der Waals surface area contributed by atoms with Crippen LogP contribution in [0.1, 0.15) is 11.8 Å². The Hall–Kier alpha value is -3.58. The van der Waals surface area contributed by atoms with Gasteiger partial charge in [-0.1, -0.05) is 18.2 Å². The zero-order valence-corrected chi connectivity index (χ0v) is 17.4. The van der Waals surface area contributed by atoms with Crippen molar-refractivity contribution in [3.05, 3.63) is 76.6 Å². The molecule has 1 aliphatic heterocycles. The van der Waals surface area contributed by atoms with Gasteiger partial charge in [0, 0.05) is 4.88 Å². The van der Waals surface area contributed by atoms with Crippen LogP contribution in [0.25, 0.3) is 5.57 Å². The summed E-state index contributed by atoms with van der Waals surface area (Å²) in [5.74, 6) is 0.471. The van der Waals surface area contributed by atoms with Gasteiger partial charge in [-0.2, -0.15) is 0 Å². The summed E-state index contributed by atoms with van der Waals surface area (Å²) >= 11 is 1.41. The number of para-hydroxylation sites is 2. The molecule has 2 aromatic carbocycles. The lowest BCUT2D eigenvalue weighted by Crippen LogP contribution is -2.32. The van der Waals surface area contributed by atoms with Crippen LogP contribution < -0.4 is 19.7 Å². The van der Waals surface area contributed by atoms with Gasteiger partial charge in [-0.05, 0) is 54.8 Å². The van der Waals surface area contributed by atoms with Crippen LogP contribution in [0.5, 0.6) is 11.5 Å². The number of nitrogens with one attached hydrogen (secondary N) is 1. The molecule has 0 bridgehead atoms. The molecule has 152 valence electrons. The Bertz CT molecular complexity index is 1100. The molecule has 4 rings (SSSR count). The van der Waals surface area contributed by atoms with Crippen molar-refractivity contribution in [2.75, 3.05) is 23.9 Å². The van der Waals surface area contributed by atoms with E-state index in [4.69, 9.17) is 9.47 Å². The van der Waals surface area contributed by atoms with Crippen LogP contribution in [0.2, 0.25) is 0 Å². The Balaban J connectivity index is 1.77. The Morgan fingerprint density at radius 1 is 0.967 bits per heavy atom. The van der Waals surface area contributed by atoms with Gasteiger partial charge in [0.25, 0.3) is 11.8 Å². The minimum absolute atomic E-state index is 0.227. The highest BCUT2D eigenvalue weighted by atomic mass is 32.1. The minimum atomic E-state index is -0.417. The van der Waals surface area contributed by atoms with E-state index in [0.717, 1.165) is 4.88 Å². The van der Waals surface area contributed by atoms with Crippen molar-refractivity contribution in [3.63, 3.8) is 0 Å². The van der Waals surface area contributed by atoms with Crippen LogP contribution in [-0.2, 0) is 9.59 Å². The molecule has 2 amide bonds. The number of hydrogen-bond acceptors (Lipinski definition) is 6. The summed E-state index contributed by atoms with van der Waals surface area (Å²) in [4.78, 5) is 28.6. The Morgan fingerprint density at radius 3 is 2.40 bits per heavy atom. The van der Waals surface area contributed by atoms with Gasteiger partial charge in [-0.15, -0.1) is 11.3 Å². The van der Waals surface area contributed by atoms with Crippen molar-refractivity contribution in [1.82, 2.24) is 0 Å². The first-order valence-electron chi connectivity index (χ1n) is 9.44. The fourth-order valence-corrected chi connectivity index (χ4v) is 4.01. The zero-order chi connectivity index (χ0) is 21.1. The van der Waals surface area contributed by atoms with Crippen molar-refractivity contribution >= 4 is 40.1 Å². The van der Waals surface area contributed by atoms with Gasteiger partial charge in [-0.25, -0.2) is 4.90 Å². The molecule has 0 aliphatic carbocycles. The highest BCUT2D eigenvalue weighted by molar-refractivity contribution is 7.11. The number of thiophene rings is 1. The summed E-state index contributed by atoms with van der Waals surface area (Å²) < 4.78 is 10.8. The number of rotatable bonds is 7. The SMILES string of the molecule is CCOc1ccccc1NC1=C(c2cccs2)C(=O)N(c2ccc(OC)cc2)C1=O. The number of methoxy groups -OCH3 is 1. The quantitative estimate of drug-likeness (QED) is 0.568. The normalized spacial score (nSPS) is 13.7. The first kappa shape index (κ1) is 19.7. The molecule has 0 radical (unpaired) electrons. The zero-order valence-electron chi connectivity index (χ0n) is 16.5. The number of carbonyl (C=O) groups excluding carboxylic acids is 2. The Kier molecular flexibility index (Phi) is 5.54. The third-order valence-corrected chi connectivity index (χ3v) is 5.52. The van der Waals surface area contributed by atoms with Gasteiger partial charge in [-0.3, -0.25) is 9.59 Å². The third kappa shape index (κ3) is 3.55. The maximum Gasteiger partial charge on any atom is 0.282 e. The Morgan fingerprint density at radius 2 is 1.73 bits per heavy atom. The molecule has 1 aromatic heterocycles. The maximum absolute atomic E-state index is 13.4. The van der Waals surface area contributed by atoms with Gasteiger partial charge < -0.3 is 14.8 Å². The molecule has 0 spiro atoms. The predicted octanol–water partition coefficient (Wildman–Crippen LogP) is 4.55. The lowest BCUT2D eigenvalue weighted by atomic mass is 10.1. The van der Waals surface area contributed by atoms with Crippen molar-refractivity contribution in [2.45, 2.75) is 6.92 Å². The number of amides is 2. The van der Waals surface area contributed by atoms with E-state index in [-0.39, 0.29) is 11.6 Å². The van der Waals surface area contributed by atoms with Gasteiger partial charge in [0.2, 0.25) is 0 Å². The molecule has 0 atom stereocenters. The number of benzene rings is 2. The molecule has 0 fully saturated rings. The predicted molar refractivity (Wildman–Crippen MR) is 118 cm³/mol. The smallest absolute Gasteiger partial charge is 0.282 e. The topological polar surface area (TPSA) is 67.9 Å². The fraction of sp³-hybridized carbons (Fsp3) is 0.130. The number of carbonyl (C=O) groups is 2. The second-order valence-electron chi connectivity index (χ2n) is 6.43. The average Bonchev–Trinajstić information content (AvgIpc) is 3.37. The molecular weight excluding hydrogens is 400 g/mol. The molecule has 0 saturated heterocycles. The van der Waals surface area contributed by atoms with Gasteiger partial charge >= 0.3 is 0 Å². The van der Waals surface area contributed by atoms with E-state index < -0.39 is 5.91 Å². The molecule has 0 saturated carbocycles. The van der Waals surface area contributed by atoms with E-state index >= 15 is 0 Å². The van der Waals surface area contributed by atoms with Crippen molar-refractivity contribution in [2.24, 2.45) is 0 Å². The average molecular weight is 420 g/mol. The number of hydrogen-bond donors (Lipinski definition) is 1. The van der Waals surface area contributed by atoms with Gasteiger partial charge in [0.1, 0.15) is 17.2 Å². The van der Waals surface area contributed by atoms with Crippen molar-refractivity contribution < 1.29 is 19.1 Å². The van der Waals surface area contributed by atoms with Crippen LogP contribution in [0.3, 0.4) is 0 Å². The largest absolute Gasteiger partial charge is 0.497 e. The molecule has 1 aliphatic rings. The highest BCUT2D eigenvalue weighted by Gasteiger charge is 2.41. The van der Waals surface area contributed by atoms with E-state index in [1.807, 2.05) is 48.7 Å². The van der Waals surface area contributed by atoms with Crippen LogP contribution in [-0.4, -0.2) is 25.5 Å². The molecule has 6 nitrogen and oxygen atoms in total. The van der Waals surface area contributed by atoms with Crippen LogP contribution >= 0.6 is 11.3 Å². The second kappa shape index (κ2) is 8.42. The first-order valence-corrected chi connectivity index (χ1v) is 10.3. The third-order valence-electron chi connectivity index (χ3n) is 4.63. The number of ether oxygens (including phenoxy) is 2. The van der Waals surface area contributed by atoms with E-state index in [2.05, 4.69) is 5.32 Å². The van der Waals surface area contributed by atoms with Crippen LogP contribution in [0, 0.1) is 0 Å². The van der Waals surface area contributed by atoms with Crippen LogP contribution in [0.4, 0.5) is 11.4 Å². The van der Waals surface area contributed by atoms with E-state index in [1.54, 1.807) is 31.4 Å². The monoisotopic (exact) mass is 420 g/mol. The summed E-state index contributed by atoms with van der Waals surface area (Å²) in [7, 11) is 1.56. The first-order chi connectivity index (χ1) is 14.6. The van der Waals surface area contributed by atoms with Crippen LogP contribution in [0.15, 0.2) is 71.7 Å². The summed E-state index contributed by atoms with van der Waals surface area (Å²) in [5.41, 5.74) is 1.68. The lowest BCUT2D eigenvalue weighted by Gasteiger charge is -2.16. The van der Waals surface area contributed by atoms with E-state index in [0.29, 0.717) is 35.1 Å². The summed E-state index contributed by atoms with van der Waals surface area (Å²) in [6.45, 7) is 2.38. The summed E-state index contributed by atoms with van der Waals surface area (Å²) in [6.07, 6.45) is 0. The number of nitrogens with zero attached hydrogens (tertiary/aromatic N) is 1. The Labute approximate surface area is 178 Å². The number of imide groups is 1. The van der Waals surface area contributed by atoms with Crippen molar-refractivity contribution in [3.8, 4) is 11.5 Å². The summed E-state index contributed by atoms with van der Waals surface area (Å²) in [6, 6.07) is 17.8. The van der Waals surface area contributed by atoms with Gasteiger partial charge in [0.15, 0.2) is 0 Å². The van der Waals surface area contributed by atoms with E-state index in [1.165, 1.54) is 16.2 Å². The fourth-order valence-electron chi connectivity index (χ4n) is 3.25. The molecule has 30 heavy (non-hydrogen) atoms. The van der Waals surface area contributed by atoms with E-state index in [9.17, 15) is 9.59 Å². The molecular formula is C23H20N2O4S.